The van der Waals surface area contributed by atoms with Gasteiger partial charge in [-0.15, -0.1) is 0 Å². The standard InChI is InChI=1S/C9H12BrFN2O/c1-9(2,12)5-14-8-7(11)3-6(10)4-13-8/h3-4H,5,12H2,1-2H3. The van der Waals surface area contributed by atoms with Crippen LogP contribution in [0.4, 0.5) is 4.39 Å². The molecule has 0 saturated carbocycles. The highest BCUT2D eigenvalue weighted by molar-refractivity contribution is 9.10. The lowest BCUT2D eigenvalue weighted by Gasteiger charge is -2.18. The van der Waals surface area contributed by atoms with Gasteiger partial charge < -0.3 is 10.5 Å². The number of halogens is 2. The van der Waals surface area contributed by atoms with Gasteiger partial charge in [0, 0.05) is 16.2 Å². The van der Waals surface area contributed by atoms with Crippen molar-refractivity contribution in [3.63, 3.8) is 0 Å². The smallest absolute Gasteiger partial charge is 0.250 e. The van der Waals surface area contributed by atoms with E-state index in [-0.39, 0.29) is 12.5 Å². The summed E-state index contributed by atoms with van der Waals surface area (Å²) >= 11 is 3.10. The molecule has 0 bridgehead atoms. The first kappa shape index (κ1) is 11.4. The van der Waals surface area contributed by atoms with E-state index in [1.807, 2.05) is 0 Å². The van der Waals surface area contributed by atoms with E-state index >= 15 is 0 Å². The first-order valence-electron chi connectivity index (χ1n) is 4.11. The Balaban J connectivity index is 2.68. The number of ether oxygens (including phenoxy) is 1. The summed E-state index contributed by atoms with van der Waals surface area (Å²) < 4.78 is 18.9. The zero-order chi connectivity index (χ0) is 10.8. The Labute approximate surface area is 90.6 Å². The van der Waals surface area contributed by atoms with Crippen molar-refractivity contribution in [2.45, 2.75) is 19.4 Å². The number of aromatic nitrogens is 1. The minimum Gasteiger partial charge on any atom is -0.474 e. The zero-order valence-electron chi connectivity index (χ0n) is 8.05. The Bertz CT molecular complexity index is 325. The van der Waals surface area contributed by atoms with Crippen molar-refractivity contribution in [2.75, 3.05) is 6.61 Å². The van der Waals surface area contributed by atoms with Crippen LogP contribution >= 0.6 is 15.9 Å². The summed E-state index contributed by atoms with van der Waals surface area (Å²) in [4.78, 5) is 3.78. The van der Waals surface area contributed by atoms with E-state index in [9.17, 15) is 4.39 Å². The lowest BCUT2D eigenvalue weighted by Crippen LogP contribution is -2.38. The Morgan fingerprint density at radius 2 is 2.29 bits per heavy atom. The highest BCUT2D eigenvalue weighted by atomic mass is 79.9. The molecule has 0 aliphatic carbocycles. The monoisotopic (exact) mass is 262 g/mol. The molecule has 0 aromatic carbocycles. The fraction of sp³-hybridized carbons (Fsp3) is 0.444. The van der Waals surface area contributed by atoms with Crippen LogP contribution in [0.1, 0.15) is 13.8 Å². The minimum absolute atomic E-state index is 0.0216. The lowest BCUT2D eigenvalue weighted by atomic mass is 10.1. The molecular weight excluding hydrogens is 251 g/mol. The zero-order valence-corrected chi connectivity index (χ0v) is 9.64. The van der Waals surface area contributed by atoms with Gasteiger partial charge in [-0.25, -0.2) is 9.37 Å². The molecule has 0 saturated heterocycles. The number of pyridine rings is 1. The van der Waals surface area contributed by atoms with Gasteiger partial charge in [-0.3, -0.25) is 0 Å². The Morgan fingerprint density at radius 3 is 2.79 bits per heavy atom. The van der Waals surface area contributed by atoms with Crippen molar-refractivity contribution in [1.82, 2.24) is 4.98 Å². The summed E-state index contributed by atoms with van der Waals surface area (Å²) in [6, 6.07) is 1.30. The number of hydrogen-bond donors (Lipinski definition) is 1. The molecule has 0 atom stereocenters. The molecule has 2 N–H and O–H groups in total. The molecule has 14 heavy (non-hydrogen) atoms. The van der Waals surface area contributed by atoms with Crippen LogP contribution in [0.25, 0.3) is 0 Å². The fourth-order valence-corrected chi connectivity index (χ4v) is 1.07. The van der Waals surface area contributed by atoms with Crippen molar-refractivity contribution >= 4 is 15.9 Å². The van der Waals surface area contributed by atoms with Crippen molar-refractivity contribution in [3.8, 4) is 5.88 Å². The third-order valence-corrected chi connectivity index (χ3v) is 1.79. The van der Waals surface area contributed by atoms with Crippen molar-refractivity contribution < 1.29 is 9.13 Å². The van der Waals surface area contributed by atoms with Gasteiger partial charge in [-0.05, 0) is 35.8 Å². The Kier molecular flexibility index (Phi) is 3.44. The Hall–Kier alpha value is -0.680. The van der Waals surface area contributed by atoms with E-state index in [1.54, 1.807) is 13.8 Å². The average molecular weight is 263 g/mol. The van der Waals surface area contributed by atoms with Crippen LogP contribution in [0.15, 0.2) is 16.7 Å². The molecule has 1 aromatic heterocycles. The van der Waals surface area contributed by atoms with Gasteiger partial charge in [-0.2, -0.15) is 0 Å². The maximum atomic E-state index is 13.2. The predicted molar refractivity (Wildman–Crippen MR) is 55.7 cm³/mol. The molecule has 5 heteroatoms. The summed E-state index contributed by atoms with van der Waals surface area (Å²) in [7, 11) is 0. The van der Waals surface area contributed by atoms with Gasteiger partial charge in [0.25, 0.3) is 5.88 Å². The van der Waals surface area contributed by atoms with Gasteiger partial charge in [-0.1, -0.05) is 0 Å². The summed E-state index contributed by atoms with van der Waals surface area (Å²) in [5.74, 6) is -0.518. The molecule has 1 heterocycles. The van der Waals surface area contributed by atoms with Crippen LogP contribution in [0.5, 0.6) is 5.88 Å². The number of rotatable bonds is 3. The molecule has 78 valence electrons. The van der Waals surface area contributed by atoms with E-state index in [0.29, 0.717) is 4.47 Å². The minimum atomic E-state index is -0.499. The molecular formula is C9H12BrFN2O. The van der Waals surface area contributed by atoms with E-state index in [0.717, 1.165) is 0 Å². The molecule has 1 rings (SSSR count). The van der Waals surface area contributed by atoms with Crippen LogP contribution in [0.3, 0.4) is 0 Å². The van der Waals surface area contributed by atoms with Gasteiger partial charge in [0.2, 0.25) is 0 Å². The largest absolute Gasteiger partial charge is 0.474 e. The van der Waals surface area contributed by atoms with Gasteiger partial charge in [0.15, 0.2) is 5.82 Å². The molecule has 0 radical (unpaired) electrons. The molecule has 0 amide bonds. The quantitative estimate of drug-likeness (QED) is 0.908. The second-order valence-corrected chi connectivity index (χ2v) is 4.63. The van der Waals surface area contributed by atoms with Crippen molar-refractivity contribution in [2.24, 2.45) is 5.73 Å². The summed E-state index contributed by atoms with van der Waals surface area (Å²) in [6.45, 7) is 3.81. The molecule has 3 nitrogen and oxygen atoms in total. The van der Waals surface area contributed by atoms with Crippen LogP contribution in [-0.4, -0.2) is 17.1 Å². The molecule has 0 aliphatic heterocycles. The number of hydrogen-bond acceptors (Lipinski definition) is 3. The van der Waals surface area contributed by atoms with Gasteiger partial charge >= 0.3 is 0 Å². The first-order chi connectivity index (χ1) is 6.38. The highest BCUT2D eigenvalue weighted by Crippen LogP contribution is 2.18. The maximum Gasteiger partial charge on any atom is 0.250 e. The summed E-state index contributed by atoms with van der Waals surface area (Å²) in [5, 5.41) is 0. The highest BCUT2D eigenvalue weighted by Gasteiger charge is 2.14. The lowest BCUT2D eigenvalue weighted by molar-refractivity contribution is 0.225. The summed E-state index contributed by atoms with van der Waals surface area (Å²) in [5.41, 5.74) is 5.18. The first-order valence-corrected chi connectivity index (χ1v) is 4.90. The van der Waals surface area contributed by atoms with Crippen LogP contribution < -0.4 is 10.5 Å². The van der Waals surface area contributed by atoms with E-state index in [4.69, 9.17) is 10.5 Å². The van der Waals surface area contributed by atoms with Crippen molar-refractivity contribution in [3.05, 3.63) is 22.6 Å². The molecule has 0 fully saturated rings. The van der Waals surface area contributed by atoms with E-state index in [1.165, 1.54) is 12.3 Å². The molecule has 0 spiro atoms. The normalized spacial score (nSPS) is 11.5. The fourth-order valence-electron chi connectivity index (χ4n) is 0.763. The van der Waals surface area contributed by atoms with E-state index in [2.05, 4.69) is 20.9 Å². The van der Waals surface area contributed by atoms with Crippen LogP contribution in [0.2, 0.25) is 0 Å². The predicted octanol–water partition coefficient (Wildman–Crippen LogP) is 2.10. The second-order valence-electron chi connectivity index (χ2n) is 3.72. The Morgan fingerprint density at radius 1 is 1.64 bits per heavy atom. The summed E-state index contributed by atoms with van der Waals surface area (Å²) in [6.07, 6.45) is 1.47. The third-order valence-electron chi connectivity index (χ3n) is 1.35. The molecule has 1 aromatic rings. The average Bonchev–Trinajstić information content (AvgIpc) is 2.00. The SMILES string of the molecule is CC(C)(N)COc1ncc(Br)cc1F. The number of nitrogens with zero attached hydrogens (tertiary/aromatic N) is 1. The van der Waals surface area contributed by atoms with E-state index < -0.39 is 11.4 Å². The topological polar surface area (TPSA) is 48.1 Å². The van der Waals surface area contributed by atoms with Crippen molar-refractivity contribution in [1.29, 1.82) is 0 Å². The van der Waals surface area contributed by atoms with Gasteiger partial charge in [0.05, 0.1) is 0 Å². The maximum absolute atomic E-state index is 13.2. The number of nitrogens with two attached hydrogens (primary N) is 1. The third kappa shape index (κ3) is 3.59. The van der Waals surface area contributed by atoms with Crippen LogP contribution in [-0.2, 0) is 0 Å². The molecule has 0 aliphatic rings. The second kappa shape index (κ2) is 4.23. The molecule has 0 unspecified atom stereocenters. The van der Waals surface area contributed by atoms with Gasteiger partial charge in [0.1, 0.15) is 6.61 Å². The van der Waals surface area contributed by atoms with Crippen LogP contribution in [0, 0.1) is 5.82 Å².